The zero-order valence-corrected chi connectivity index (χ0v) is 9.14. The van der Waals surface area contributed by atoms with Crippen LogP contribution in [0.25, 0.3) is 0 Å². The highest BCUT2D eigenvalue weighted by Crippen LogP contribution is 2.18. The summed E-state index contributed by atoms with van der Waals surface area (Å²) in [6, 6.07) is 0. The zero-order valence-electron chi connectivity index (χ0n) is 9.14. The second-order valence-electron chi connectivity index (χ2n) is 3.77. The SMILES string of the molecule is COC(=O)c1nc(CC2CCOCC2)no1. The monoisotopic (exact) mass is 226 g/mol. The van der Waals surface area contributed by atoms with E-state index in [-0.39, 0.29) is 5.89 Å². The number of nitrogens with zero attached hydrogens (tertiary/aromatic N) is 2. The Labute approximate surface area is 92.9 Å². The van der Waals surface area contributed by atoms with Crippen molar-refractivity contribution in [3.8, 4) is 0 Å². The summed E-state index contributed by atoms with van der Waals surface area (Å²) in [5.41, 5.74) is 0. The van der Waals surface area contributed by atoms with E-state index < -0.39 is 5.97 Å². The molecule has 0 bridgehead atoms. The highest BCUT2D eigenvalue weighted by molar-refractivity contribution is 5.83. The van der Waals surface area contributed by atoms with Gasteiger partial charge in [0.05, 0.1) is 7.11 Å². The van der Waals surface area contributed by atoms with E-state index in [0.29, 0.717) is 11.7 Å². The molecule has 1 saturated heterocycles. The maximum Gasteiger partial charge on any atom is 0.397 e. The molecule has 6 nitrogen and oxygen atoms in total. The summed E-state index contributed by atoms with van der Waals surface area (Å²) in [5, 5.41) is 3.75. The summed E-state index contributed by atoms with van der Waals surface area (Å²) >= 11 is 0. The molecule has 6 heteroatoms. The number of aromatic nitrogens is 2. The van der Waals surface area contributed by atoms with E-state index in [0.717, 1.165) is 32.5 Å². The van der Waals surface area contributed by atoms with E-state index in [1.54, 1.807) is 0 Å². The lowest BCUT2D eigenvalue weighted by molar-refractivity contribution is 0.0545. The van der Waals surface area contributed by atoms with Crippen LogP contribution in [0.5, 0.6) is 0 Å². The molecule has 1 aliphatic rings. The Bertz CT molecular complexity index is 357. The predicted octanol–water partition coefficient (Wildman–Crippen LogP) is 0.825. The molecular formula is C10H14N2O4. The van der Waals surface area contributed by atoms with Crippen molar-refractivity contribution in [1.82, 2.24) is 10.1 Å². The van der Waals surface area contributed by atoms with E-state index in [9.17, 15) is 4.79 Å². The number of methoxy groups -OCH3 is 1. The van der Waals surface area contributed by atoms with Gasteiger partial charge in [-0.25, -0.2) is 4.79 Å². The molecule has 1 aromatic rings. The summed E-state index contributed by atoms with van der Waals surface area (Å²) in [7, 11) is 1.28. The first-order chi connectivity index (χ1) is 7.79. The maximum absolute atomic E-state index is 11.1. The molecule has 1 aliphatic heterocycles. The first-order valence-corrected chi connectivity index (χ1v) is 5.28. The summed E-state index contributed by atoms with van der Waals surface area (Å²) in [6.45, 7) is 1.57. The van der Waals surface area contributed by atoms with E-state index in [2.05, 4.69) is 14.9 Å². The molecule has 0 aromatic carbocycles. The lowest BCUT2D eigenvalue weighted by Gasteiger charge is -2.20. The van der Waals surface area contributed by atoms with Crippen LogP contribution in [0.4, 0.5) is 0 Å². The van der Waals surface area contributed by atoms with Crippen LogP contribution in [-0.2, 0) is 15.9 Å². The number of carbonyl (C=O) groups is 1. The van der Waals surface area contributed by atoms with Crippen molar-refractivity contribution in [2.75, 3.05) is 20.3 Å². The topological polar surface area (TPSA) is 74.5 Å². The lowest BCUT2D eigenvalue weighted by Crippen LogP contribution is -2.18. The normalized spacial score (nSPS) is 17.3. The van der Waals surface area contributed by atoms with Crippen LogP contribution in [-0.4, -0.2) is 36.4 Å². The molecule has 0 amide bonds. The molecule has 0 N–H and O–H groups in total. The smallest absolute Gasteiger partial charge is 0.397 e. The molecule has 16 heavy (non-hydrogen) atoms. The third-order valence-electron chi connectivity index (χ3n) is 2.64. The van der Waals surface area contributed by atoms with E-state index in [1.807, 2.05) is 0 Å². The first-order valence-electron chi connectivity index (χ1n) is 5.28. The third-order valence-corrected chi connectivity index (χ3v) is 2.64. The largest absolute Gasteiger partial charge is 0.462 e. The third kappa shape index (κ3) is 2.57. The quantitative estimate of drug-likeness (QED) is 0.710. The lowest BCUT2D eigenvalue weighted by atomic mass is 9.96. The minimum atomic E-state index is -0.592. The van der Waals surface area contributed by atoms with Crippen molar-refractivity contribution in [3.63, 3.8) is 0 Å². The molecule has 0 saturated carbocycles. The van der Waals surface area contributed by atoms with Crippen molar-refractivity contribution in [3.05, 3.63) is 11.7 Å². The zero-order chi connectivity index (χ0) is 11.4. The van der Waals surface area contributed by atoms with Gasteiger partial charge in [0, 0.05) is 19.6 Å². The van der Waals surface area contributed by atoms with Crippen molar-refractivity contribution in [2.45, 2.75) is 19.3 Å². The van der Waals surface area contributed by atoms with Crippen LogP contribution >= 0.6 is 0 Å². The fraction of sp³-hybridized carbons (Fsp3) is 0.700. The van der Waals surface area contributed by atoms with Gasteiger partial charge >= 0.3 is 11.9 Å². The molecule has 1 aromatic heterocycles. The van der Waals surface area contributed by atoms with Gasteiger partial charge in [0.2, 0.25) is 0 Å². The van der Waals surface area contributed by atoms with Gasteiger partial charge in [-0.1, -0.05) is 5.16 Å². The Balaban J connectivity index is 1.94. The minimum absolute atomic E-state index is 0.0791. The van der Waals surface area contributed by atoms with Crippen LogP contribution < -0.4 is 0 Å². The minimum Gasteiger partial charge on any atom is -0.462 e. The number of hydrogen-bond acceptors (Lipinski definition) is 6. The van der Waals surface area contributed by atoms with Gasteiger partial charge < -0.3 is 14.0 Å². The van der Waals surface area contributed by atoms with Gasteiger partial charge in [0.1, 0.15) is 0 Å². The average Bonchev–Trinajstić information content (AvgIpc) is 2.78. The first kappa shape index (κ1) is 11.1. The molecular weight excluding hydrogens is 212 g/mol. The molecule has 0 unspecified atom stereocenters. The molecule has 0 radical (unpaired) electrons. The average molecular weight is 226 g/mol. The summed E-state index contributed by atoms with van der Waals surface area (Å²) in [4.78, 5) is 15.1. The Morgan fingerprint density at radius 3 is 2.94 bits per heavy atom. The van der Waals surface area contributed by atoms with E-state index in [4.69, 9.17) is 9.26 Å². The summed E-state index contributed by atoms with van der Waals surface area (Å²) < 4.78 is 14.5. The van der Waals surface area contributed by atoms with Crippen molar-refractivity contribution >= 4 is 5.97 Å². The summed E-state index contributed by atoms with van der Waals surface area (Å²) in [6.07, 6.45) is 2.73. The van der Waals surface area contributed by atoms with Crippen molar-refractivity contribution < 1.29 is 18.8 Å². The van der Waals surface area contributed by atoms with Gasteiger partial charge in [-0.15, -0.1) is 0 Å². The van der Waals surface area contributed by atoms with Crippen LogP contribution in [0.1, 0.15) is 29.4 Å². The Kier molecular flexibility index (Phi) is 3.51. The van der Waals surface area contributed by atoms with Crippen LogP contribution in [0.3, 0.4) is 0 Å². The fourth-order valence-corrected chi connectivity index (χ4v) is 1.72. The molecule has 88 valence electrons. The number of esters is 1. The molecule has 0 aliphatic carbocycles. The van der Waals surface area contributed by atoms with Crippen LogP contribution in [0.15, 0.2) is 4.52 Å². The second-order valence-corrected chi connectivity index (χ2v) is 3.77. The van der Waals surface area contributed by atoms with Crippen LogP contribution in [0, 0.1) is 5.92 Å². The van der Waals surface area contributed by atoms with Crippen molar-refractivity contribution in [1.29, 1.82) is 0 Å². The Morgan fingerprint density at radius 2 is 2.25 bits per heavy atom. The fourth-order valence-electron chi connectivity index (χ4n) is 1.72. The number of carbonyl (C=O) groups excluding carboxylic acids is 1. The van der Waals surface area contributed by atoms with Gasteiger partial charge in [-0.05, 0) is 18.8 Å². The van der Waals surface area contributed by atoms with Crippen LogP contribution in [0.2, 0.25) is 0 Å². The van der Waals surface area contributed by atoms with Gasteiger partial charge in [0.25, 0.3) is 0 Å². The number of rotatable bonds is 3. The standard InChI is InChI=1S/C10H14N2O4/c1-14-10(13)9-11-8(12-16-9)6-7-2-4-15-5-3-7/h7H,2-6H2,1H3. The molecule has 2 rings (SSSR count). The van der Waals surface area contributed by atoms with Gasteiger partial charge in [-0.3, -0.25) is 0 Å². The molecule has 0 spiro atoms. The molecule has 0 atom stereocenters. The van der Waals surface area contributed by atoms with Gasteiger partial charge in [-0.2, -0.15) is 4.98 Å². The van der Waals surface area contributed by atoms with E-state index >= 15 is 0 Å². The molecule has 2 heterocycles. The Morgan fingerprint density at radius 1 is 1.50 bits per heavy atom. The Hall–Kier alpha value is -1.43. The van der Waals surface area contributed by atoms with Gasteiger partial charge in [0.15, 0.2) is 5.82 Å². The van der Waals surface area contributed by atoms with E-state index in [1.165, 1.54) is 7.11 Å². The summed E-state index contributed by atoms with van der Waals surface area (Å²) in [5.74, 6) is 0.402. The highest BCUT2D eigenvalue weighted by atomic mass is 16.6. The number of ether oxygens (including phenoxy) is 2. The predicted molar refractivity (Wildman–Crippen MR) is 52.9 cm³/mol. The maximum atomic E-state index is 11.1. The second kappa shape index (κ2) is 5.07. The molecule has 1 fully saturated rings. The highest BCUT2D eigenvalue weighted by Gasteiger charge is 2.20. The number of hydrogen-bond donors (Lipinski definition) is 0. The van der Waals surface area contributed by atoms with Crippen molar-refractivity contribution in [2.24, 2.45) is 5.92 Å².